The molecule has 0 aliphatic heterocycles. The van der Waals surface area contributed by atoms with Gasteiger partial charge >= 0.3 is 0 Å². The quantitative estimate of drug-likeness (QED) is 0.130. The van der Waals surface area contributed by atoms with Gasteiger partial charge in [-0.3, -0.25) is 0 Å². The third-order valence-electron chi connectivity index (χ3n) is 10.2. The van der Waals surface area contributed by atoms with Crippen molar-refractivity contribution in [3.8, 4) is 11.1 Å². The molecule has 0 bridgehead atoms. The van der Waals surface area contributed by atoms with Crippen molar-refractivity contribution in [3.63, 3.8) is 0 Å². The molecule has 0 aliphatic carbocycles. The Morgan fingerprint density at radius 3 is 1.25 bits per heavy atom. The van der Waals surface area contributed by atoms with Crippen LogP contribution in [0, 0.1) is 0 Å². The van der Waals surface area contributed by atoms with Gasteiger partial charge in [0, 0.05) is 34.1 Å². The zero-order chi connectivity index (χ0) is 37.5. The molecule has 56 heavy (non-hydrogen) atoms. The Bertz CT molecular complexity index is 2630. The van der Waals surface area contributed by atoms with E-state index in [0.717, 1.165) is 45.3 Å². The highest BCUT2D eigenvalue weighted by molar-refractivity contribution is 5.97. The maximum Gasteiger partial charge on any atom is 0.0468 e. The molecule has 0 heterocycles. The molecule has 0 atom stereocenters. The highest BCUT2D eigenvalue weighted by atomic mass is 15.1. The molecular formula is C54H40N2. The summed E-state index contributed by atoms with van der Waals surface area (Å²) in [4.78, 5) is 4.61. The predicted molar refractivity (Wildman–Crippen MR) is 239 cm³/mol. The second-order valence-electron chi connectivity index (χ2n) is 13.9. The molecule has 2 heteroatoms. The maximum atomic E-state index is 2.33. The highest BCUT2D eigenvalue weighted by Gasteiger charge is 2.15. The number of nitrogens with zero attached hydrogens (tertiary/aromatic N) is 2. The number of anilines is 6. The second kappa shape index (κ2) is 15.9. The summed E-state index contributed by atoms with van der Waals surface area (Å²) in [5.74, 6) is 0. The van der Waals surface area contributed by atoms with Crippen LogP contribution in [-0.4, -0.2) is 0 Å². The van der Waals surface area contributed by atoms with Crippen molar-refractivity contribution in [1.29, 1.82) is 0 Å². The number of rotatable bonds is 10. The second-order valence-corrected chi connectivity index (χ2v) is 13.9. The summed E-state index contributed by atoms with van der Waals surface area (Å²) < 4.78 is 0. The molecule has 0 radical (unpaired) electrons. The Hall–Kier alpha value is -7.42. The zero-order valence-corrected chi connectivity index (χ0v) is 31.0. The van der Waals surface area contributed by atoms with Gasteiger partial charge in [0.15, 0.2) is 0 Å². The SMILES string of the molecule is C(=C(c1cccc(-c2ccccc2)c1)c1ccc2cc(N(c3ccccc3)c3ccccc3)ccc2c1)c1ccc(N(c2ccccc2)c2ccccc2)cc1. The van der Waals surface area contributed by atoms with E-state index in [-0.39, 0.29) is 0 Å². The van der Waals surface area contributed by atoms with Crippen molar-refractivity contribution in [1.82, 2.24) is 0 Å². The molecular weight excluding hydrogens is 677 g/mol. The van der Waals surface area contributed by atoms with Crippen molar-refractivity contribution in [2.24, 2.45) is 0 Å². The lowest BCUT2D eigenvalue weighted by Gasteiger charge is -2.25. The summed E-state index contributed by atoms with van der Waals surface area (Å²) in [5.41, 5.74) is 13.7. The monoisotopic (exact) mass is 716 g/mol. The van der Waals surface area contributed by atoms with Gasteiger partial charge in [0.05, 0.1) is 0 Å². The molecule has 9 rings (SSSR count). The van der Waals surface area contributed by atoms with Crippen LogP contribution in [0.15, 0.2) is 237 Å². The summed E-state index contributed by atoms with van der Waals surface area (Å²) in [5, 5.41) is 2.38. The molecule has 9 aromatic carbocycles. The van der Waals surface area contributed by atoms with Crippen LogP contribution in [0.3, 0.4) is 0 Å². The highest BCUT2D eigenvalue weighted by Crippen LogP contribution is 2.38. The maximum absolute atomic E-state index is 2.33. The lowest BCUT2D eigenvalue weighted by Crippen LogP contribution is -2.09. The van der Waals surface area contributed by atoms with Crippen LogP contribution in [0.2, 0.25) is 0 Å². The van der Waals surface area contributed by atoms with E-state index in [2.05, 4.69) is 252 Å². The Morgan fingerprint density at radius 1 is 0.286 bits per heavy atom. The van der Waals surface area contributed by atoms with Crippen LogP contribution >= 0.6 is 0 Å². The van der Waals surface area contributed by atoms with E-state index in [4.69, 9.17) is 0 Å². The van der Waals surface area contributed by atoms with Crippen molar-refractivity contribution >= 4 is 56.5 Å². The molecule has 0 saturated carbocycles. The minimum atomic E-state index is 1.11. The average molecular weight is 717 g/mol. The van der Waals surface area contributed by atoms with E-state index in [9.17, 15) is 0 Å². The summed E-state index contributed by atoms with van der Waals surface area (Å²) in [6.45, 7) is 0. The van der Waals surface area contributed by atoms with Crippen LogP contribution in [0.4, 0.5) is 34.1 Å². The number of hydrogen-bond donors (Lipinski definition) is 0. The van der Waals surface area contributed by atoms with E-state index in [1.807, 2.05) is 0 Å². The number of fused-ring (bicyclic) bond motifs is 1. The number of para-hydroxylation sites is 4. The predicted octanol–water partition coefficient (Wildman–Crippen LogP) is 15.0. The van der Waals surface area contributed by atoms with E-state index >= 15 is 0 Å². The van der Waals surface area contributed by atoms with Crippen LogP contribution in [0.25, 0.3) is 33.5 Å². The van der Waals surface area contributed by atoms with E-state index in [1.54, 1.807) is 0 Å². The minimum Gasteiger partial charge on any atom is -0.311 e. The number of benzene rings is 9. The molecule has 0 amide bonds. The number of hydrogen-bond acceptors (Lipinski definition) is 2. The van der Waals surface area contributed by atoms with E-state index in [1.165, 1.54) is 33.0 Å². The lowest BCUT2D eigenvalue weighted by molar-refractivity contribution is 1.28. The summed E-state index contributed by atoms with van der Waals surface area (Å²) >= 11 is 0. The summed E-state index contributed by atoms with van der Waals surface area (Å²) in [6, 6.07) is 84.3. The van der Waals surface area contributed by atoms with Gasteiger partial charge in [-0.15, -0.1) is 0 Å². The van der Waals surface area contributed by atoms with Crippen LogP contribution in [-0.2, 0) is 0 Å². The van der Waals surface area contributed by atoms with Gasteiger partial charge in [0.1, 0.15) is 0 Å². The fourth-order valence-corrected chi connectivity index (χ4v) is 7.46. The Kier molecular flexibility index (Phi) is 9.75. The first kappa shape index (κ1) is 34.4. The molecule has 0 fully saturated rings. The molecule has 9 aromatic rings. The van der Waals surface area contributed by atoms with Crippen molar-refractivity contribution < 1.29 is 0 Å². The average Bonchev–Trinajstić information content (AvgIpc) is 3.28. The Labute approximate surface area is 329 Å². The molecule has 0 N–H and O–H groups in total. The fourth-order valence-electron chi connectivity index (χ4n) is 7.46. The molecule has 0 saturated heterocycles. The normalized spacial score (nSPS) is 11.3. The summed E-state index contributed by atoms with van der Waals surface area (Å²) in [6.07, 6.45) is 2.32. The molecule has 0 unspecified atom stereocenters. The smallest absolute Gasteiger partial charge is 0.0468 e. The van der Waals surface area contributed by atoms with E-state index in [0.29, 0.717) is 0 Å². The zero-order valence-electron chi connectivity index (χ0n) is 31.0. The lowest BCUT2D eigenvalue weighted by atomic mass is 9.91. The molecule has 0 spiro atoms. The van der Waals surface area contributed by atoms with Crippen LogP contribution in [0.5, 0.6) is 0 Å². The standard InChI is InChI=1S/C54H40N2/c1-6-17-42(18-7-1)43-19-16-20-46(38-43)54(37-41-29-34-52(35-30-41)55(48-21-8-2-9-22-48)49-23-10-3-11-24-49)47-32-31-45-40-53(36-33-44(45)39-47)56(50-25-12-4-13-26-50)51-27-14-5-15-28-51/h1-40H. The van der Waals surface area contributed by atoms with Gasteiger partial charge in [0.2, 0.25) is 0 Å². The van der Waals surface area contributed by atoms with Gasteiger partial charge in [-0.1, -0.05) is 152 Å². The van der Waals surface area contributed by atoms with Crippen molar-refractivity contribution in [2.45, 2.75) is 0 Å². The van der Waals surface area contributed by atoms with Crippen molar-refractivity contribution in [2.75, 3.05) is 9.80 Å². The van der Waals surface area contributed by atoms with E-state index < -0.39 is 0 Å². The van der Waals surface area contributed by atoms with Crippen molar-refractivity contribution in [3.05, 3.63) is 253 Å². The van der Waals surface area contributed by atoms with Gasteiger partial charge < -0.3 is 9.80 Å². The van der Waals surface area contributed by atoms with Crippen LogP contribution < -0.4 is 9.80 Å². The molecule has 0 aromatic heterocycles. The first-order valence-electron chi connectivity index (χ1n) is 19.1. The third-order valence-corrected chi connectivity index (χ3v) is 10.2. The third kappa shape index (κ3) is 7.37. The molecule has 2 nitrogen and oxygen atoms in total. The topological polar surface area (TPSA) is 6.48 Å². The first-order chi connectivity index (χ1) is 27.8. The van der Waals surface area contributed by atoms with Gasteiger partial charge in [0.25, 0.3) is 0 Å². The summed E-state index contributed by atoms with van der Waals surface area (Å²) in [7, 11) is 0. The van der Waals surface area contributed by atoms with Gasteiger partial charge in [-0.2, -0.15) is 0 Å². The van der Waals surface area contributed by atoms with Gasteiger partial charge in [-0.25, -0.2) is 0 Å². The molecule has 0 aliphatic rings. The first-order valence-corrected chi connectivity index (χ1v) is 19.1. The fraction of sp³-hybridized carbons (Fsp3) is 0. The molecule has 266 valence electrons. The minimum absolute atomic E-state index is 1.11. The Morgan fingerprint density at radius 2 is 0.696 bits per heavy atom. The Balaban J connectivity index is 1.13. The van der Waals surface area contributed by atoms with Gasteiger partial charge in [-0.05, 0) is 135 Å². The largest absolute Gasteiger partial charge is 0.311 e. The van der Waals surface area contributed by atoms with Crippen LogP contribution in [0.1, 0.15) is 16.7 Å².